The van der Waals surface area contributed by atoms with Gasteiger partial charge in [-0.2, -0.15) is 0 Å². The monoisotopic (exact) mass is 324 g/mol. The molecule has 0 fully saturated rings. The summed E-state index contributed by atoms with van der Waals surface area (Å²) in [4.78, 5) is -0.334. The van der Waals surface area contributed by atoms with Gasteiger partial charge in [0.15, 0.2) is 0 Å². The summed E-state index contributed by atoms with van der Waals surface area (Å²) in [5.41, 5.74) is 2.77. The molecule has 0 spiro atoms. The standard InChI is InChI=1S/C16H15BrF2/c1-3-11-6-4-5-7-12(11)16(17)13-9-14(18)10(2)8-15(13)19/h4-9,16H,3H2,1-2H3. The number of hydrogen-bond donors (Lipinski definition) is 0. The van der Waals surface area contributed by atoms with Gasteiger partial charge in [-0.05, 0) is 42.2 Å². The summed E-state index contributed by atoms with van der Waals surface area (Å²) in [6.07, 6.45) is 0.855. The zero-order chi connectivity index (χ0) is 14.0. The summed E-state index contributed by atoms with van der Waals surface area (Å²) in [6, 6.07) is 10.3. The molecule has 0 radical (unpaired) electrons. The van der Waals surface area contributed by atoms with Crippen molar-refractivity contribution in [2.75, 3.05) is 0 Å². The van der Waals surface area contributed by atoms with Gasteiger partial charge in [-0.15, -0.1) is 0 Å². The Morgan fingerprint density at radius 1 is 1.05 bits per heavy atom. The van der Waals surface area contributed by atoms with Crippen molar-refractivity contribution in [3.05, 3.63) is 70.3 Å². The first-order valence-corrected chi connectivity index (χ1v) is 7.13. The predicted molar refractivity (Wildman–Crippen MR) is 77.7 cm³/mol. The van der Waals surface area contributed by atoms with E-state index in [2.05, 4.69) is 15.9 Å². The van der Waals surface area contributed by atoms with Crippen LogP contribution in [0, 0.1) is 18.6 Å². The van der Waals surface area contributed by atoms with Gasteiger partial charge in [0.1, 0.15) is 11.6 Å². The van der Waals surface area contributed by atoms with E-state index in [-0.39, 0.29) is 16.5 Å². The molecule has 0 aromatic heterocycles. The number of benzene rings is 2. The SMILES string of the molecule is CCc1ccccc1C(Br)c1cc(F)c(C)cc1F. The van der Waals surface area contributed by atoms with E-state index in [4.69, 9.17) is 0 Å². The number of rotatable bonds is 3. The highest BCUT2D eigenvalue weighted by atomic mass is 79.9. The van der Waals surface area contributed by atoms with Crippen molar-refractivity contribution in [3.8, 4) is 0 Å². The summed E-state index contributed by atoms with van der Waals surface area (Å²) in [6.45, 7) is 3.61. The minimum Gasteiger partial charge on any atom is -0.207 e. The lowest BCUT2D eigenvalue weighted by molar-refractivity contribution is 0.581. The van der Waals surface area contributed by atoms with E-state index < -0.39 is 0 Å². The molecule has 0 N–H and O–H groups in total. The zero-order valence-electron chi connectivity index (χ0n) is 10.9. The molecule has 0 heterocycles. The van der Waals surface area contributed by atoms with Crippen molar-refractivity contribution < 1.29 is 8.78 Å². The highest BCUT2D eigenvalue weighted by Crippen LogP contribution is 2.35. The van der Waals surface area contributed by atoms with Gasteiger partial charge in [-0.1, -0.05) is 47.1 Å². The fourth-order valence-corrected chi connectivity index (χ4v) is 2.92. The van der Waals surface area contributed by atoms with Crippen LogP contribution in [0.2, 0.25) is 0 Å². The molecule has 3 heteroatoms. The van der Waals surface area contributed by atoms with Crippen molar-refractivity contribution in [1.29, 1.82) is 0 Å². The van der Waals surface area contributed by atoms with Crippen molar-refractivity contribution in [2.24, 2.45) is 0 Å². The van der Waals surface area contributed by atoms with Crippen LogP contribution in [0.4, 0.5) is 8.78 Å². The Kier molecular flexibility index (Phi) is 4.35. The van der Waals surface area contributed by atoms with Gasteiger partial charge in [0.2, 0.25) is 0 Å². The Hall–Kier alpha value is -1.22. The van der Waals surface area contributed by atoms with E-state index in [0.29, 0.717) is 11.1 Å². The van der Waals surface area contributed by atoms with E-state index in [1.54, 1.807) is 6.92 Å². The smallest absolute Gasteiger partial charge is 0.128 e. The first kappa shape index (κ1) is 14.2. The average molecular weight is 325 g/mol. The maximum Gasteiger partial charge on any atom is 0.128 e. The van der Waals surface area contributed by atoms with Gasteiger partial charge in [0.25, 0.3) is 0 Å². The molecule has 0 amide bonds. The van der Waals surface area contributed by atoms with E-state index >= 15 is 0 Å². The molecule has 0 saturated carbocycles. The molecule has 2 aromatic rings. The van der Waals surface area contributed by atoms with E-state index in [9.17, 15) is 8.78 Å². The van der Waals surface area contributed by atoms with Gasteiger partial charge < -0.3 is 0 Å². The van der Waals surface area contributed by atoms with Crippen LogP contribution in [0.3, 0.4) is 0 Å². The third-order valence-corrected chi connectivity index (χ3v) is 4.25. The Morgan fingerprint density at radius 2 is 1.74 bits per heavy atom. The third-order valence-electron chi connectivity index (χ3n) is 3.26. The summed E-state index contributed by atoms with van der Waals surface area (Å²) in [5, 5.41) is 0. The lowest BCUT2D eigenvalue weighted by Crippen LogP contribution is -2.02. The molecule has 0 saturated heterocycles. The average Bonchev–Trinajstić information content (AvgIpc) is 2.42. The lowest BCUT2D eigenvalue weighted by Gasteiger charge is -2.16. The van der Waals surface area contributed by atoms with Gasteiger partial charge in [-0.3, -0.25) is 0 Å². The minimum absolute atomic E-state index is 0.324. The number of halogens is 3. The Morgan fingerprint density at radius 3 is 2.42 bits per heavy atom. The molecule has 19 heavy (non-hydrogen) atoms. The first-order chi connectivity index (χ1) is 9.04. The maximum atomic E-state index is 14.0. The summed E-state index contributed by atoms with van der Waals surface area (Å²) >= 11 is 3.49. The number of alkyl halides is 1. The molecule has 0 bridgehead atoms. The van der Waals surface area contributed by atoms with E-state index in [1.165, 1.54) is 12.1 Å². The number of hydrogen-bond acceptors (Lipinski definition) is 0. The highest BCUT2D eigenvalue weighted by Gasteiger charge is 2.18. The molecular weight excluding hydrogens is 310 g/mol. The second-order valence-corrected chi connectivity index (χ2v) is 5.45. The fourth-order valence-electron chi connectivity index (χ4n) is 2.13. The molecule has 0 aliphatic rings. The molecule has 2 rings (SSSR count). The second-order valence-electron chi connectivity index (χ2n) is 4.54. The molecule has 100 valence electrons. The Balaban J connectivity index is 2.50. The maximum absolute atomic E-state index is 14.0. The predicted octanol–water partition coefficient (Wildman–Crippen LogP) is 5.32. The normalized spacial score (nSPS) is 12.5. The Bertz CT molecular complexity index is 593. The van der Waals surface area contributed by atoms with Gasteiger partial charge in [-0.25, -0.2) is 8.78 Å². The molecule has 1 unspecified atom stereocenters. The van der Waals surface area contributed by atoms with Crippen LogP contribution in [-0.2, 0) is 6.42 Å². The molecule has 0 nitrogen and oxygen atoms in total. The highest BCUT2D eigenvalue weighted by molar-refractivity contribution is 9.09. The van der Waals surface area contributed by atoms with Crippen LogP contribution in [0.5, 0.6) is 0 Å². The Labute approximate surface area is 120 Å². The van der Waals surface area contributed by atoms with Gasteiger partial charge >= 0.3 is 0 Å². The van der Waals surface area contributed by atoms with Gasteiger partial charge in [0, 0.05) is 5.56 Å². The summed E-state index contributed by atoms with van der Waals surface area (Å²) in [5.74, 6) is -0.762. The molecule has 1 atom stereocenters. The first-order valence-electron chi connectivity index (χ1n) is 6.22. The zero-order valence-corrected chi connectivity index (χ0v) is 12.5. The van der Waals surface area contributed by atoms with Crippen molar-refractivity contribution in [2.45, 2.75) is 25.1 Å². The summed E-state index contributed by atoms with van der Waals surface area (Å²) < 4.78 is 27.6. The van der Waals surface area contributed by atoms with Crippen LogP contribution in [-0.4, -0.2) is 0 Å². The summed E-state index contributed by atoms with van der Waals surface area (Å²) in [7, 11) is 0. The van der Waals surface area contributed by atoms with Gasteiger partial charge in [0.05, 0.1) is 4.83 Å². The van der Waals surface area contributed by atoms with Crippen molar-refractivity contribution >= 4 is 15.9 Å². The van der Waals surface area contributed by atoms with Crippen molar-refractivity contribution in [1.82, 2.24) is 0 Å². The lowest BCUT2D eigenvalue weighted by atomic mass is 9.97. The van der Waals surface area contributed by atoms with Crippen LogP contribution in [0.1, 0.15) is 34.0 Å². The largest absolute Gasteiger partial charge is 0.207 e. The number of aryl methyl sites for hydroxylation is 2. The van der Waals surface area contributed by atoms with Crippen molar-refractivity contribution in [3.63, 3.8) is 0 Å². The second kappa shape index (κ2) is 5.83. The molecular formula is C16H15BrF2. The molecule has 2 aromatic carbocycles. The molecule has 0 aliphatic heterocycles. The van der Waals surface area contributed by atoms with Crippen LogP contribution in [0.25, 0.3) is 0 Å². The van der Waals surface area contributed by atoms with Crippen LogP contribution < -0.4 is 0 Å². The minimum atomic E-state index is -0.383. The third kappa shape index (κ3) is 2.86. The fraction of sp³-hybridized carbons (Fsp3) is 0.250. The topological polar surface area (TPSA) is 0 Å². The van der Waals surface area contributed by atoms with Crippen LogP contribution >= 0.6 is 15.9 Å². The quantitative estimate of drug-likeness (QED) is 0.670. The van der Waals surface area contributed by atoms with Crippen LogP contribution in [0.15, 0.2) is 36.4 Å². The molecule has 0 aliphatic carbocycles. The van der Waals surface area contributed by atoms with E-state index in [0.717, 1.165) is 17.5 Å². The van der Waals surface area contributed by atoms with E-state index in [1.807, 2.05) is 31.2 Å².